The summed E-state index contributed by atoms with van der Waals surface area (Å²) in [4.78, 5) is 37.2. The Hall–Kier alpha value is -2.21. The van der Waals surface area contributed by atoms with Crippen molar-refractivity contribution in [2.24, 2.45) is 11.8 Å². The van der Waals surface area contributed by atoms with Gasteiger partial charge in [0, 0.05) is 17.1 Å². The van der Waals surface area contributed by atoms with E-state index >= 15 is 0 Å². The Morgan fingerprint density at radius 3 is 2.58 bits per heavy atom. The van der Waals surface area contributed by atoms with Gasteiger partial charge in [0.05, 0.1) is 0 Å². The van der Waals surface area contributed by atoms with E-state index in [9.17, 15) is 19.5 Å². The molecule has 0 unspecified atom stereocenters. The van der Waals surface area contributed by atoms with Crippen LogP contribution in [0.25, 0.3) is 0 Å². The third kappa shape index (κ3) is 3.26. The SMILES string of the molecule is C=C1C(=O)O[C@@H]2[C@H]1CC[C@H](C)[C@@](O)(C(=O)/C=C/C)[C@H]2OC(=O)/C(C)=C\C. The van der Waals surface area contributed by atoms with E-state index in [0.29, 0.717) is 18.4 Å². The van der Waals surface area contributed by atoms with Gasteiger partial charge >= 0.3 is 11.9 Å². The first kappa shape index (κ1) is 20.1. The average molecular weight is 362 g/mol. The number of rotatable bonds is 4. The highest BCUT2D eigenvalue weighted by Gasteiger charge is 2.60. The van der Waals surface area contributed by atoms with E-state index in [1.807, 2.05) is 0 Å². The van der Waals surface area contributed by atoms with Crippen molar-refractivity contribution in [1.82, 2.24) is 0 Å². The van der Waals surface area contributed by atoms with E-state index in [1.54, 1.807) is 33.8 Å². The van der Waals surface area contributed by atoms with Crippen molar-refractivity contribution in [2.75, 3.05) is 0 Å². The number of aliphatic hydroxyl groups is 1. The molecule has 1 aliphatic heterocycles. The second-order valence-electron chi connectivity index (χ2n) is 6.97. The maximum Gasteiger partial charge on any atom is 0.334 e. The lowest BCUT2D eigenvalue weighted by Gasteiger charge is -2.38. The van der Waals surface area contributed by atoms with Crippen LogP contribution in [-0.2, 0) is 23.9 Å². The summed E-state index contributed by atoms with van der Waals surface area (Å²) in [6, 6.07) is 0. The zero-order chi connectivity index (χ0) is 19.6. The minimum absolute atomic E-state index is 0.286. The van der Waals surface area contributed by atoms with Crippen molar-refractivity contribution in [1.29, 1.82) is 0 Å². The highest BCUT2D eigenvalue weighted by atomic mass is 16.6. The Morgan fingerprint density at radius 2 is 2.00 bits per heavy atom. The van der Waals surface area contributed by atoms with Crippen LogP contribution in [0.5, 0.6) is 0 Å². The Balaban J connectivity index is 2.55. The van der Waals surface area contributed by atoms with E-state index < -0.39 is 47.4 Å². The van der Waals surface area contributed by atoms with E-state index in [1.165, 1.54) is 12.2 Å². The van der Waals surface area contributed by atoms with Gasteiger partial charge in [0.15, 0.2) is 17.5 Å². The van der Waals surface area contributed by atoms with Crippen LogP contribution in [0.1, 0.15) is 40.5 Å². The first-order chi connectivity index (χ1) is 12.2. The van der Waals surface area contributed by atoms with Crippen LogP contribution in [0.3, 0.4) is 0 Å². The van der Waals surface area contributed by atoms with Gasteiger partial charge in [-0.25, -0.2) is 9.59 Å². The van der Waals surface area contributed by atoms with Gasteiger partial charge in [0.2, 0.25) is 0 Å². The topological polar surface area (TPSA) is 89.9 Å². The lowest BCUT2D eigenvalue weighted by atomic mass is 9.78. The molecule has 1 saturated carbocycles. The molecule has 5 atom stereocenters. The zero-order valence-electron chi connectivity index (χ0n) is 15.7. The second-order valence-corrected chi connectivity index (χ2v) is 6.97. The molecule has 1 heterocycles. The number of carbonyl (C=O) groups excluding carboxylic acids is 3. The Labute approximate surface area is 153 Å². The third-order valence-electron chi connectivity index (χ3n) is 5.45. The number of hydrogen-bond acceptors (Lipinski definition) is 6. The number of ether oxygens (including phenoxy) is 2. The van der Waals surface area contributed by atoms with Crippen LogP contribution >= 0.6 is 0 Å². The summed E-state index contributed by atoms with van der Waals surface area (Å²) in [5.41, 5.74) is -1.36. The predicted octanol–water partition coefficient (Wildman–Crippen LogP) is 2.27. The minimum Gasteiger partial charge on any atom is -0.454 e. The Kier molecular flexibility index (Phi) is 5.86. The maximum absolute atomic E-state index is 12.8. The maximum atomic E-state index is 12.8. The van der Waals surface area contributed by atoms with Crippen molar-refractivity contribution in [3.05, 3.63) is 36.0 Å². The van der Waals surface area contributed by atoms with Crippen LogP contribution in [0.15, 0.2) is 36.0 Å². The molecule has 6 heteroatoms. The summed E-state index contributed by atoms with van der Waals surface area (Å²) in [7, 11) is 0. The van der Waals surface area contributed by atoms with Crippen molar-refractivity contribution >= 4 is 17.7 Å². The summed E-state index contributed by atoms with van der Waals surface area (Å²) < 4.78 is 10.9. The molecule has 26 heavy (non-hydrogen) atoms. The van der Waals surface area contributed by atoms with Crippen LogP contribution in [0, 0.1) is 11.8 Å². The van der Waals surface area contributed by atoms with Gasteiger partial charge < -0.3 is 14.6 Å². The average Bonchev–Trinajstić information content (AvgIpc) is 2.84. The second kappa shape index (κ2) is 7.58. The summed E-state index contributed by atoms with van der Waals surface area (Å²) in [5, 5.41) is 11.4. The molecule has 0 aromatic carbocycles. The first-order valence-electron chi connectivity index (χ1n) is 8.81. The minimum atomic E-state index is -1.99. The van der Waals surface area contributed by atoms with Gasteiger partial charge in [-0.05, 0) is 45.6 Å². The van der Waals surface area contributed by atoms with Gasteiger partial charge in [-0.2, -0.15) is 0 Å². The molecule has 1 saturated heterocycles. The lowest BCUT2D eigenvalue weighted by molar-refractivity contribution is -0.192. The van der Waals surface area contributed by atoms with Crippen molar-refractivity contribution < 1.29 is 29.0 Å². The smallest absolute Gasteiger partial charge is 0.334 e. The summed E-state index contributed by atoms with van der Waals surface area (Å²) >= 11 is 0. The van der Waals surface area contributed by atoms with Crippen LogP contribution in [0.2, 0.25) is 0 Å². The van der Waals surface area contributed by atoms with Crippen LogP contribution in [-0.4, -0.2) is 40.6 Å². The molecule has 2 rings (SSSR count). The lowest BCUT2D eigenvalue weighted by Crippen LogP contribution is -2.59. The summed E-state index contributed by atoms with van der Waals surface area (Å²) in [6.45, 7) is 10.4. The fourth-order valence-corrected chi connectivity index (χ4v) is 3.57. The van der Waals surface area contributed by atoms with Gasteiger partial charge in [-0.1, -0.05) is 25.7 Å². The zero-order valence-corrected chi connectivity index (χ0v) is 15.7. The third-order valence-corrected chi connectivity index (χ3v) is 5.45. The largest absolute Gasteiger partial charge is 0.454 e. The normalized spacial score (nSPS) is 35.0. The van der Waals surface area contributed by atoms with E-state index in [-0.39, 0.29) is 5.57 Å². The van der Waals surface area contributed by atoms with Crippen molar-refractivity contribution in [2.45, 2.75) is 58.3 Å². The van der Waals surface area contributed by atoms with Gasteiger partial charge in [-0.3, -0.25) is 4.79 Å². The molecule has 0 amide bonds. The van der Waals surface area contributed by atoms with Gasteiger partial charge in [0.1, 0.15) is 6.10 Å². The quantitative estimate of drug-likeness (QED) is 0.609. The monoisotopic (exact) mass is 362 g/mol. The molecular weight excluding hydrogens is 336 g/mol. The number of esters is 2. The van der Waals surface area contributed by atoms with Gasteiger partial charge in [-0.15, -0.1) is 0 Å². The number of carbonyl (C=O) groups is 3. The molecule has 1 N–H and O–H groups in total. The standard InChI is InChI=1S/C20H26O6/c1-6-8-15(21)20(24)12(4)9-10-14-13(5)19(23)25-16(14)17(20)26-18(22)11(3)7-2/h6-8,12,14,16-17,24H,5,9-10H2,1-4H3/b8-6+,11-7-/t12-,14-,16+,17-,20+/m0/s1. The predicted molar refractivity (Wildman–Crippen MR) is 95.0 cm³/mol. The molecule has 0 aromatic heterocycles. The fourth-order valence-electron chi connectivity index (χ4n) is 3.57. The number of ketones is 1. The molecule has 1 aliphatic carbocycles. The Morgan fingerprint density at radius 1 is 1.35 bits per heavy atom. The summed E-state index contributed by atoms with van der Waals surface area (Å²) in [6.07, 6.45) is 3.08. The highest BCUT2D eigenvalue weighted by Crippen LogP contribution is 2.44. The first-order valence-corrected chi connectivity index (χ1v) is 8.81. The molecule has 2 fully saturated rings. The molecule has 6 nitrogen and oxygen atoms in total. The van der Waals surface area contributed by atoms with E-state index in [4.69, 9.17) is 9.47 Å². The molecule has 2 aliphatic rings. The van der Waals surface area contributed by atoms with Crippen LogP contribution < -0.4 is 0 Å². The molecule has 0 bridgehead atoms. The molecule has 0 spiro atoms. The van der Waals surface area contributed by atoms with E-state index in [0.717, 1.165) is 0 Å². The van der Waals surface area contributed by atoms with Gasteiger partial charge in [0.25, 0.3) is 0 Å². The van der Waals surface area contributed by atoms with Crippen LogP contribution in [0.4, 0.5) is 0 Å². The number of hydrogen-bond donors (Lipinski definition) is 1. The molecule has 142 valence electrons. The fraction of sp³-hybridized carbons (Fsp3) is 0.550. The Bertz CT molecular complexity index is 688. The number of fused-ring (bicyclic) bond motifs is 1. The molecule has 0 aromatic rings. The summed E-state index contributed by atoms with van der Waals surface area (Å²) in [5.74, 6) is -2.71. The molecular formula is C20H26O6. The van der Waals surface area contributed by atoms with E-state index in [2.05, 4.69) is 6.58 Å². The van der Waals surface area contributed by atoms with Crippen molar-refractivity contribution in [3.63, 3.8) is 0 Å². The number of allylic oxidation sites excluding steroid dienone is 2. The highest BCUT2D eigenvalue weighted by molar-refractivity contribution is 5.99. The van der Waals surface area contributed by atoms with Crippen molar-refractivity contribution in [3.8, 4) is 0 Å². The molecule has 0 radical (unpaired) electrons.